The van der Waals surface area contributed by atoms with Crippen LogP contribution in [0.2, 0.25) is 0 Å². The fourth-order valence-corrected chi connectivity index (χ4v) is 3.76. The Hall–Kier alpha value is -3.13. The zero-order chi connectivity index (χ0) is 20.3. The molecule has 144 valence electrons. The van der Waals surface area contributed by atoms with Crippen molar-refractivity contribution < 1.29 is 24.5 Å². The number of ether oxygens (including phenoxy) is 2. The first-order valence-electron chi connectivity index (χ1n) is 8.85. The molecule has 2 aliphatic rings. The molecule has 3 rings (SSSR count). The lowest BCUT2D eigenvalue weighted by atomic mass is 9.69. The van der Waals surface area contributed by atoms with Gasteiger partial charge in [0.05, 0.1) is 25.6 Å². The van der Waals surface area contributed by atoms with E-state index in [4.69, 9.17) is 21.2 Å². The van der Waals surface area contributed by atoms with E-state index in [9.17, 15) is 9.90 Å². The molecule has 7 nitrogen and oxygen atoms in total. The maximum atomic E-state index is 11.7. The van der Waals surface area contributed by atoms with Gasteiger partial charge in [-0.05, 0) is 35.6 Å². The monoisotopic (exact) mass is 382 g/mol. The van der Waals surface area contributed by atoms with Crippen molar-refractivity contribution in [1.29, 1.82) is 0 Å². The van der Waals surface area contributed by atoms with Crippen LogP contribution in [0, 0.1) is 18.6 Å². The number of aliphatic hydroxyl groups is 2. The molecule has 4 unspecified atom stereocenters. The van der Waals surface area contributed by atoms with Gasteiger partial charge >= 0.3 is 23.3 Å². The first-order chi connectivity index (χ1) is 13.4. The predicted octanol–water partition coefficient (Wildman–Crippen LogP) is 1.99. The highest BCUT2D eigenvalue weighted by atomic mass is 16.6. The lowest BCUT2D eigenvalue weighted by Crippen LogP contribution is -2.49. The molecule has 1 aliphatic heterocycles. The van der Waals surface area contributed by atoms with E-state index >= 15 is 0 Å². The summed E-state index contributed by atoms with van der Waals surface area (Å²) in [4.78, 5) is 20.1. The zero-order valence-corrected chi connectivity index (χ0v) is 15.5. The fourth-order valence-electron chi connectivity index (χ4n) is 3.76. The predicted molar refractivity (Wildman–Crippen MR) is 103 cm³/mol. The number of aliphatic hydroxyl groups excluding tert-OH is 2. The molecule has 0 amide bonds. The molecule has 1 aliphatic carbocycles. The van der Waals surface area contributed by atoms with E-state index in [1.807, 2.05) is 18.2 Å². The molecular weight excluding hydrogens is 360 g/mol. The summed E-state index contributed by atoms with van der Waals surface area (Å²) in [6, 6.07) is 8.57. The third-order valence-electron chi connectivity index (χ3n) is 5.23. The Balaban J connectivity index is 2.07. The van der Waals surface area contributed by atoms with Gasteiger partial charge in [-0.1, -0.05) is 17.0 Å². The van der Waals surface area contributed by atoms with Crippen molar-refractivity contribution in [3.8, 4) is 18.4 Å². The van der Waals surface area contributed by atoms with Crippen molar-refractivity contribution in [2.75, 3.05) is 13.7 Å². The summed E-state index contributed by atoms with van der Waals surface area (Å²) >= 11 is 0. The van der Waals surface area contributed by atoms with Crippen LogP contribution in [-0.2, 0) is 16.0 Å². The first kappa shape index (κ1) is 19.6. The average molecular weight is 382 g/mol. The molecule has 1 aromatic rings. The van der Waals surface area contributed by atoms with Gasteiger partial charge < -0.3 is 19.7 Å². The largest absolute Gasteiger partial charge is 0.497 e. The lowest BCUT2D eigenvalue weighted by Gasteiger charge is -2.33. The van der Waals surface area contributed by atoms with Crippen LogP contribution < -0.4 is 4.74 Å². The minimum Gasteiger partial charge on any atom is -0.497 e. The van der Waals surface area contributed by atoms with Crippen molar-refractivity contribution in [2.45, 2.75) is 30.6 Å². The van der Waals surface area contributed by atoms with Crippen LogP contribution in [0.25, 0.3) is 9.69 Å². The highest BCUT2D eigenvalue weighted by Crippen LogP contribution is 2.44. The maximum absolute atomic E-state index is 11.7. The molecule has 0 saturated heterocycles. The third-order valence-corrected chi connectivity index (χ3v) is 5.23. The number of esters is 1. The molecular formula is C21H22N2O5+2. The van der Waals surface area contributed by atoms with E-state index in [2.05, 4.69) is 22.3 Å². The molecule has 1 heterocycles. The molecule has 2 N–H and O–H groups in total. The molecule has 4 atom stereocenters. The van der Waals surface area contributed by atoms with Crippen LogP contribution in [0.5, 0.6) is 5.75 Å². The Kier molecular flexibility index (Phi) is 5.51. The highest BCUT2D eigenvalue weighted by molar-refractivity contribution is 5.71. The van der Waals surface area contributed by atoms with E-state index < -0.39 is 36.2 Å². The summed E-state index contributed by atoms with van der Waals surface area (Å²) in [5, 5.41) is 19.3. The van der Waals surface area contributed by atoms with E-state index in [0.29, 0.717) is 17.9 Å². The van der Waals surface area contributed by atoms with Crippen LogP contribution in [-0.4, -0.2) is 47.6 Å². The second-order valence-electron chi connectivity index (χ2n) is 6.83. The molecule has 0 spiro atoms. The first-order valence-corrected chi connectivity index (χ1v) is 8.85. The van der Waals surface area contributed by atoms with E-state index in [0.717, 1.165) is 11.1 Å². The Labute approximate surface area is 163 Å². The van der Waals surface area contributed by atoms with Crippen molar-refractivity contribution in [2.24, 2.45) is 5.92 Å². The number of rotatable bonds is 5. The van der Waals surface area contributed by atoms with Gasteiger partial charge in [0.15, 0.2) is 0 Å². The number of fused-ring (bicyclic) bond motifs is 1. The maximum Gasteiger partial charge on any atom is 0.399 e. The topological polar surface area (TPSA) is 84.7 Å². The number of hydrogen-bond donors (Lipinski definition) is 2. The number of methoxy groups -OCH3 is 1. The molecule has 0 aromatic heterocycles. The SMILES string of the molecule is C#[N+]C(=C)C1(C2CC(O)C=CC2OC(=O)CO)Cc2ccc(OC)cc2C#[N+]1. The average Bonchev–Trinajstić information content (AvgIpc) is 2.73. The van der Waals surface area contributed by atoms with Gasteiger partial charge in [0.2, 0.25) is 0 Å². The molecule has 0 saturated carbocycles. The Morgan fingerprint density at radius 1 is 1.50 bits per heavy atom. The number of hydrogen-bond acceptors (Lipinski definition) is 5. The van der Waals surface area contributed by atoms with Gasteiger partial charge in [0, 0.05) is 6.07 Å². The van der Waals surface area contributed by atoms with Gasteiger partial charge in [0.25, 0.3) is 6.57 Å². The minimum atomic E-state index is -1.05. The molecule has 0 fully saturated rings. The van der Waals surface area contributed by atoms with Gasteiger partial charge in [-0.15, -0.1) is 0 Å². The Morgan fingerprint density at radius 2 is 2.29 bits per heavy atom. The van der Waals surface area contributed by atoms with Gasteiger partial charge in [-0.3, -0.25) is 0 Å². The lowest BCUT2D eigenvalue weighted by molar-refractivity contribution is -0.154. The summed E-state index contributed by atoms with van der Waals surface area (Å²) in [6.07, 6.45) is 2.31. The normalized spacial score (nSPS) is 27.6. The molecule has 0 radical (unpaired) electrons. The van der Waals surface area contributed by atoms with Crippen molar-refractivity contribution in [1.82, 2.24) is 0 Å². The molecule has 28 heavy (non-hydrogen) atoms. The van der Waals surface area contributed by atoms with Crippen LogP contribution >= 0.6 is 0 Å². The van der Waals surface area contributed by atoms with Gasteiger partial charge in [-0.2, -0.15) is 0 Å². The molecule has 7 heteroatoms. The summed E-state index contributed by atoms with van der Waals surface area (Å²) in [5.74, 6) is -0.581. The Morgan fingerprint density at radius 3 is 2.96 bits per heavy atom. The number of carbonyl (C=O) groups excluding carboxylic acids is 1. The summed E-state index contributed by atoms with van der Waals surface area (Å²) in [5.41, 5.74) is 0.939. The van der Waals surface area contributed by atoms with Gasteiger partial charge in [-0.25, -0.2) is 4.79 Å². The quantitative estimate of drug-likeness (QED) is 0.601. The number of nitrogens with zero attached hydrogens (tertiary/aromatic N) is 2. The molecule has 1 aromatic carbocycles. The summed E-state index contributed by atoms with van der Waals surface area (Å²) in [7, 11) is 1.58. The van der Waals surface area contributed by atoms with Crippen molar-refractivity contribution in [3.05, 3.63) is 63.4 Å². The summed E-state index contributed by atoms with van der Waals surface area (Å²) < 4.78 is 10.6. The van der Waals surface area contributed by atoms with E-state index in [-0.39, 0.29) is 6.42 Å². The number of benzene rings is 1. The smallest absolute Gasteiger partial charge is 0.399 e. The van der Waals surface area contributed by atoms with E-state index in [1.54, 1.807) is 19.3 Å². The van der Waals surface area contributed by atoms with E-state index in [1.165, 1.54) is 0 Å². The second kappa shape index (κ2) is 7.85. The minimum absolute atomic E-state index is 0.255. The summed E-state index contributed by atoms with van der Waals surface area (Å²) in [6.45, 7) is 8.78. The number of carbonyl (C=O) groups is 1. The third kappa shape index (κ3) is 3.50. The Bertz CT molecular complexity index is 936. The zero-order valence-electron chi connectivity index (χ0n) is 15.5. The van der Waals surface area contributed by atoms with Gasteiger partial charge in [0.1, 0.15) is 24.0 Å². The fraction of sp³-hybridized carbons (Fsp3) is 0.381. The van der Waals surface area contributed by atoms with Crippen LogP contribution in [0.1, 0.15) is 17.5 Å². The highest BCUT2D eigenvalue weighted by Gasteiger charge is 2.63. The van der Waals surface area contributed by atoms with Crippen LogP contribution in [0.3, 0.4) is 0 Å². The van der Waals surface area contributed by atoms with Crippen molar-refractivity contribution in [3.63, 3.8) is 0 Å². The second-order valence-corrected chi connectivity index (χ2v) is 6.83. The van der Waals surface area contributed by atoms with Crippen LogP contribution in [0.15, 0.2) is 42.6 Å². The molecule has 0 bridgehead atoms. The standard InChI is InChI=1S/C21H22N2O5/c1-13(22-2)21(10-14-4-6-17(27-3)8-15(14)11-23-21)18-9-16(25)5-7-19(18)28-20(26)12-24/h2,4-8,16,18-19,24-25H,1,9-10,12H2,3H3/q+2. The van der Waals surface area contributed by atoms with Crippen LogP contribution in [0.4, 0.5) is 0 Å². The van der Waals surface area contributed by atoms with Crippen molar-refractivity contribution >= 4 is 5.97 Å².